The highest BCUT2D eigenvalue weighted by atomic mass is 32.1. The highest BCUT2D eigenvalue weighted by Gasteiger charge is 2.16. The standard InChI is InChI=1S/C15H18N2OS/c16-10-12-6-7-13(19-12)11-17-8-3-9-18-15-5-2-1-4-14(15)17/h1-2,4-7H,3,8-11,16H2. The first-order chi connectivity index (χ1) is 9.36. The third-order valence-corrected chi connectivity index (χ3v) is 4.39. The van der Waals surface area contributed by atoms with Crippen molar-refractivity contribution in [1.82, 2.24) is 0 Å². The highest BCUT2D eigenvalue weighted by Crippen LogP contribution is 2.32. The van der Waals surface area contributed by atoms with Crippen molar-refractivity contribution in [2.75, 3.05) is 18.1 Å². The van der Waals surface area contributed by atoms with Crippen LogP contribution in [0, 0.1) is 0 Å². The predicted molar refractivity (Wildman–Crippen MR) is 79.8 cm³/mol. The molecule has 0 radical (unpaired) electrons. The molecule has 19 heavy (non-hydrogen) atoms. The second kappa shape index (κ2) is 5.63. The van der Waals surface area contributed by atoms with E-state index in [9.17, 15) is 0 Å². The Morgan fingerprint density at radius 1 is 1.16 bits per heavy atom. The van der Waals surface area contributed by atoms with Gasteiger partial charge in [-0.05, 0) is 30.7 Å². The number of anilines is 1. The van der Waals surface area contributed by atoms with E-state index < -0.39 is 0 Å². The number of benzene rings is 1. The zero-order chi connectivity index (χ0) is 13.1. The van der Waals surface area contributed by atoms with E-state index in [1.807, 2.05) is 12.1 Å². The zero-order valence-corrected chi connectivity index (χ0v) is 11.7. The summed E-state index contributed by atoms with van der Waals surface area (Å²) in [6.45, 7) is 3.40. The number of fused-ring (bicyclic) bond motifs is 1. The fourth-order valence-electron chi connectivity index (χ4n) is 2.37. The summed E-state index contributed by atoms with van der Waals surface area (Å²) in [5.41, 5.74) is 6.87. The van der Waals surface area contributed by atoms with Crippen LogP contribution in [0.2, 0.25) is 0 Å². The summed E-state index contributed by atoms with van der Waals surface area (Å²) < 4.78 is 5.78. The predicted octanol–water partition coefficient (Wildman–Crippen LogP) is 3.00. The van der Waals surface area contributed by atoms with E-state index >= 15 is 0 Å². The molecule has 0 saturated carbocycles. The lowest BCUT2D eigenvalue weighted by Gasteiger charge is -2.23. The quantitative estimate of drug-likeness (QED) is 0.935. The molecule has 4 heteroatoms. The van der Waals surface area contributed by atoms with Crippen LogP contribution < -0.4 is 15.4 Å². The molecule has 2 N–H and O–H groups in total. The Morgan fingerprint density at radius 3 is 2.84 bits per heavy atom. The lowest BCUT2D eigenvalue weighted by atomic mass is 10.2. The molecule has 1 aromatic heterocycles. The molecule has 0 aliphatic carbocycles. The van der Waals surface area contributed by atoms with E-state index in [-0.39, 0.29) is 0 Å². The first-order valence-corrected chi connectivity index (χ1v) is 7.43. The number of ether oxygens (including phenoxy) is 1. The molecule has 2 aromatic rings. The third kappa shape index (κ3) is 2.74. The smallest absolute Gasteiger partial charge is 0.142 e. The van der Waals surface area contributed by atoms with E-state index in [2.05, 4.69) is 29.2 Å². The van der Waals surface area contributed by atoms with Gasteiger partial charge in [0, 0.05) is 22.8 Å². The van der Waals surface area contributed by atoms with E-state index in [1.165, 1.54) is 15.4 Å². The minimum atomic E-state index is 0.629. The van der Waals surface area contributed by atoms with Crippen LogP contribution in [-0.4, -0.2) is 13.2 Å². The van der Waals surface area contributed by atoms with E-state index in [4.69, 9.17) is 10.5 Å². The first kappa shape index (κ1) is 12.5. The van der Waals surface area contributed by atoms with Crippen molar-refractivity contribution in [3.8, 4) is 5.75 Å². The number of para-hydroxylation sites is 2. The Morgan fingerprint density at radius 2 is 2.00 bits per heavy atom. The fourth-order valence-corrected chi connectivity index (χ4v) is 3.28. The highest BCUT2D eigenvalue weighted by molar-refractivity contribution is 7.12. The molecule has 0 spiro atoms. The molecule has 0 fully saturated rings. The van der Waals surface area contributed by atoms with Gasteiger partial charge < -0.3 is 15.4 Å². The molecule has 0 bridgehead atoms. The largest absolute Gasteiger partial charge is 0.491 e. The molecule has 0 unspecified atom stereocenters. The molecule has 0 saturated heterocycles. The van der Waals surface area contributed by atoms with Gasteiger partial charge in [0.05, 0.1) is 18.8 Å². The van der Waals surface area contributed by atoms with E-state index in [0.717, 1.165) is 31.9 Å². The minimum absolute atomic E-state index is 0.629. The molecule has 2 heterocycles. The van der Waals surface area contributed by atoms with Gasteiger partial charge in [-0.3, -0.25) is 0 Å². The van der Waals surface area contributed by atoms with Crippen molar-refractivity contribution in [2.24, 2.45) is 5.73 Å². The first-order valence-electron chi connectivity index (χ1n) is 6.61. The average molecular weight is 274 g/mol. The normalized spacial score (nSPS) is 14.7. The molecule has 1 aliphatic heterocycles. The van der Waals surface area contributed by atoms with Crippen molar-refractivity contribution >= 4 is 17.0 Å². The molecular weight excluding hydrogens is 256 g/mol. The van der Waals surface area contributed by atoms with Gasteiger partial charge in [-0.15, -0.1) is 11.3 Å². The SMILES string of the molecule is NCc1ccc(CN2CCCOc3ccccc32)s1. The van der Waals surface area contributed by atoms with Gasteiger partial charge in [0.2, 0.25) is 0 Å². The number of hydrogen-bond donors (Lipinski definition) is 1. The molecule has 3 nitrogen and oxygen atoms in total. The zero-order valence-electron chi connectivity index (χ0n) is 10.8. The summed E-state index contributed by atoms with van der Waals surface area (Å²) in [5, 5.41) is 0. The summed E-state index contributed by atoms with van der Waals surface area (Å²) in [7, 11) is 0. The number of hydrogen-bond acceptors (Lipinski definition) is 4. The fraction of sp³-hybridized carbons (Fsp3) is 0.333. The molecule has 100 valence electrons. The van der Waals surface area contributed by atoms with Gasteiger partial charge in [-0.1, -0.05) is 12.1 Å². The lowest BCUT2D eigenvalue weighted by Crippen LogP contribution is -2.22. The Bertz CT molecular complexity index is 553. The van der Waals surface area contributed by atoms with Gasteiger partial charge in [-0.2, -0.15) is 0 Å². The lowest BCUT2D eigenvalue weighted by molar-refractivity contribution is 0.322. The van der Waals surface area contributed by atoms with Crippen LogP contribution in [0.25, 0.3) is 0 Å². The third-order valence-electron chi connectivity index (χ3n) is 3.30. The monoisotopic (exact) mass is 274 g/mol. The van der Waals surface area contributed by atoms with Gasteiger partial charge >= 0.3 is 0 Å². The van der Waals surface area contributed by atoms with Crippen molar-refractivity contribution in [3.63, 3.8) is 0 Å². The second-order valence-electron chi connectivity index (χ2n) is 4.66. The second-order valence-corrected chi connectivity index (χ2v) is 5.92. The van der Waals surface area contributed by atoms with Crippen LogP contribution in [0.5, 0.6) is 5.75 Å². The van der Waals surface area contributed by atoms with Crippen LogP contribution in [0.1, 0.15) is 16.2 Å². The molecule has 0 amide bonds. The van der Waals surface area contributed by atoms with Gasteiger partial charge in [-0.25, -0.2) is 0 Å². The van der Waals surface area contributed by atoms with Crippen LogP contribution >= 0.6 is 11.3 Å². The Hall–Kier alpha value is -1.52. The van der Waals surface area contributed by atoms with Crippen LogP contribution in [0.4, 0.5) is 5.69 Å². The van der Waals surface area contributed by atoms with Crippen molar-refractivity contribution < 1.29 is 4.74 Å². The maximum Gasteiger partial charge on any atom is 0.142 e. The summed E-state index contributed by atoms with van der Waals surface area (Å²) in [6, 6.07) is 12.6. The van der Waals surface area contributed by atoms with Crippen LogP contribution in [0.3, 0.4) is 0 Å². The maximum atomic E-state index is 5.78. The van der Waals surface area contributed by atoms with E-state index in [1.54, 1.807) is 11.3 Å². The number of rotatable bonds is 3. The van der Waals surface area contributed by atoms with Crippen molar-refractivity contribution in [1.29, 1.82) is 0 Å². The van der Waals surface area contributed by atoms with Crippen LogP contribution in [0.15, 0.2) is 36.4 Å². The molecule has 1 aliphatic rings. The Labute approximate surface area is 117 Å². The minimum Gasteiger partial charge on any atom is -0.491 e. The van der Waals surface area contributed by atoms with Gasteiger partial charge in [0.15, 0.2) is 0 Å². The Balaban J connectivity index is 1.83. The van der Waals surface area contributed by atoms with Crippen molar-refractivity contribution in [3.05, 3.63) is 46.2 Å². The molecular formula is C15H18N2OS. The molecule has 1 aromatic carbocycles. The van der Waals surface area contributed by atoms with Crippen molar-refractivity contribution in [2.45, 2.75) is 19.5 Å². The van der Waals surface area contributed by atoms with E-state index in [0.29, 0.717) is 6.54 Å². The summed E-state index contributed by atoms with van der Waals surface area (Å²) in [4.78, 5) is 5.00. The van der Waals surface area contributed by atoms with Gasteiger partial charge in [0.1, 0.15) is 5.75 Å². The molecule has 0 atom stereocenters. The number of thiophene rings is 1. The maximum absolute atomic E-state index is 5.78. The number of nitrogens with two attached hydrogens (primary N) is 1. The van der Waals surface area contributed by atoms with Gasteiger partial charge in [0.25, 0.3) is 0 Å². The molecule has 3 rings (SSSR count). The Kier molecular flexibility index (Phi) is 3.71. The summed E-state index contributed by atoms with van der Waals surface area (Å²) in [5.74, 6) is 0.996. The summed E-state index contributed by atoms with van der Waals surface area (Å²) >= 11 is 1.80. The number of nitrogens with zero attached hydrogens (tertiary/aromatic N) is 1. The summed E-state index contributed by atoms with van der Waals surface area (Å²) in [6.07, 6.45) is 1.06. The average Bonchev–Trinajstić information content (AvgIpc) is 2.80. The van der Waals surface area contributed by atoms with Crippen LogP contribution in [-0.2, 0) is 13.1 Å². The topological polar surface area (TPSA) is 38.5 Å².